The molecule has 7 heteroatoms. The van der Waals surface area contributed by atoms with E-state index < -0.39 is 0 Å². The van der Waals surface area contributed by atoms with Gasteiger partial charge in [-0.1, -0.05) is 6.07 Å². The molecule has 2 aliphatic rings. The van der Waals surface area contributed by atoms with Crippen LogP contribution in [0.3, 0.4) is 0 Å². The van der Waals surface area contributed by atoms with E-state index in [1.54, 1.807) is 11.2 Å². The van der Waals surface area contributed by atoms with Crippen LogP contribution in [0.2, 0.25) is 0 Å². The van der Waals surface area contributed by atoms with Gasteiger partial charge >= 0.3 is 6.03 Å². The standard InChI is InChI=1S/C22H28N4O3/c1-16-6-7-18(12-20(16)26-10-8-23-22(26)28)21(27)24-13-17-4-2-9-25(14-17)15-19-5-3-11-29-19/h3,5-7,11-12,17H,2,4,8-10,13-15H2,1H3,(H,23,28)(H,24,27)/t17-/m0/s1. The summed E-state index contributed by atoms with van der Waals surface area (Å²) >= 11 is 0. The highest BCUT2D eigenvalue weighted by atomic mass is 16.3. The Balaban J connectivity index is 1.34. The van der Waals surface area contributed by atoms with Gasteiger partial charge in [-0.2, -0.15) is 0 Å². The maximum absolute atomic E-state index is 12.7. The molecule has 2 aliphatic heterocycles. The second kappa shape index (κ2) is 8.69. The summed E-state index contributed by atoms with van der Waals surface area (Å²) in [5.74, 6) is 1.32. The SMILES string of the molecule is Cc1ccc(C(=O)NC[C@@H]2CCCN(Cc3ccco3)C2)cc1N1CCNC1=O. The van der Waals surface area contributed by atoms with Crippen LogP contribution in [0.5, 0.6) is 0 Å². The fourth-order valence-electron chi connectivity index (χ4n) is 4.17. The molecular weight excluding hydrogens is 368 g/mol. The van der Waals surface area contributed by atoms with E-state index in [4.69, 9.17) is 4.42 Å². The van der Waals surface area contributed by atoms with Crippen LogP contribution < -0.4 is 15.5 Å². The molecule has 1 aromatic carbocycles. The topological polar surface area (TPSA) is 77.8 Å². The maximum Gasteiger partial charge on any atom is 0.322 e. The lowest BCUT2D eigenvalue weighted by Crippen LogP contribution is -2.40. The number of benzene rings is 1. The first-order chi connectivity index (χ1) is 14.1. The van der Waals surface area contributed by atoms with E-state index in [0.717, 1.165) is 49.5 Å². The zero-order valence-electron chi connectivity index (χ0n) is 16.8. The molecule has 2 N–H and O–H groups in total. The molecule has 7 nitrogen and oxygen atoms in total. The highest BCUT2D eigenvalue weighted by molar-refractivity contribution is 5.99. The van der Waals surface area contributed by atoms with Crippen molar-refractivity contribution in [1.82, 2.24) is 15.5 Å². The molecule has 2 aromatic rings. The van der Waals surface area contributed by atoms with Crippen molar-refractivity contribution in [3.63, 3.8) is 0 Å². The largest absolute Gasteiger partial charge is 0.468 e. The number of furan rings is 1. The van der Waals surface area contributed by atoms with Crippen molar-refractivity contribution in [2.45, 2.75) is 26.3 Å². The Morgan fingerprint density at radius 1 is 1.31 bits per heavy atom. The van der Waals surface area contributed by atoms with E-state index in [-0.39, 0.29) is 11.9 Å². The van der Waals surface area contributed by atoms with Crippen LogP contribution in [0.15, 0.2) is 41.0 Å². The van der Waals surface area contributed by atoms with Crippen LogP contribution >= 0.6 is 0 Å². The quantitative estimate of drug-likeness (QED) is 0.787. The molecule has 2 saturated heterocycles. The number of anilines is 1. The predicted octanol–water partition coefficient (Wildman–Crippen LogP) is 2.76. The van der Waals surface area contributed by atoms with E-state index in [0.29, 0.717) is 31.1 Å². The number of carbonyl (C=O) groups excluding carboxylic acids is 2. The van der Waals surface area contributed by atoms with Crippen LogP contribution in [0.4, 0.5) is 10.5 Å². The number of aryl methyl sites for hydroxylation is 1. The highest BCUT2D eigenvalue weighted by Gasteiger charge is 2.24. The van der Waals surface area contributed by atoms with E-state index >= 15 is 0 Å². The predicted molar refractivity (Wildman–Crippen MR) is 111 cm³/mol. The van der Waals surface area contributed by atoms with Gasteiger partial charge in [-0.05, 0) is 62.1 Å². The molecule has 154 valence electrons. The number of amides is 3. The number of hydrogen-bond donors (Lipinski definition) is 2. The van der Waals surface area contributed by atoms with Crippen LogP contribution in [0.25, 0.3) is 0 Å². The number of piperidine rings is 1. The average Bonchev–Trinajstić information content (AvgIpc) is 3.38. The fourth-order valence-corrected chi connectivity index (χ4v) is 4.17. The summed E-state index contributed by atoms with van der Waals surface area (Å²) in [7, 11) is 0. The summed E-state index contributed by atoms with van der Waals surface area (Å²) in [5, 5.41) is 5.90. The molecule has 0 unspecified atom stereocenters. The summed E-state index contributed by atoms with van der Waals surface area (Å²) in [6.07, 6.45) is 3.95. The molecule has 2 fully saturated rings. The third-order valence-electron chi connectivity index (χ3n) is 5.73. The molecule has 0 bridgehead atoms. The minimum Gasteiger partial charge on any atom is -0.468 e. The van der Waals surface area contributed by atoms with Crippen molar-refractivity contribution in [2.24, 2.45) is 5.92 Å². The lowest BCUT2D eigenvalue weighted by atomic mass is 9.97. The van der Waals surface area contributed by atoms with Crippen molar-refractivity contribution < 1.29 is 14.0 Å². The molecule has 3 heterocycles. The van der Waals surface area contributed by atoms with Gasteiger partial charge in [0.15, 0.2) is 0 Å². The number of nitrogens with zero attached hydrogens (tertiary/aromatic N) is 2. The molecular formula is C22H28N4O3. The first kappa shape index (κ1) is 19.5. The van der Waals surface area contributed by atoms with Gasteiger partial charge in [-0.3, -0.25) is 14.6 Å². The average molecular weight is 396 g/mol. The third kappa shape index (κ3) is 4.62. The van der Waals surface area contributed by atoms with Crippen LogP contribution in [0, 0.1) is 12.8 Å². The summed E-state index contributed by atoms with van der Waals surface area (Å²) in [4.78, 5) is 28.8. The number of likely N-dealkylation sites (tertiary alicyclic amines) is 1. The summed E-state index contributed by atoms with van der Waals surface area (Å²) in [6, 6.07) is 9.36. The van der Waals surface area contributed by atoms with Crippen LogP contribution in [0.1, 0.15) is 34.5 Å². The maximum atomic E-state index is 12.7. The lowest BCUT2D eigenvalue weighted by Gasteiger charge is -2.32. The zero-order chi connectivity index (χ0) is 20.2. The van der Waals surface area contributed by atoms with E-state index in [1.807, 2.05) is 37.3 Å². The molecule has 4 rings (SSSR count). The number of urea groups is 1. The van der Waals surface area contributed by atoms with Gasteiger partial charge in [0.25, 0.3) is 5.91 Å². The zero-order valence-corrected chi connectivity index (χ0v) is 16.8. The Hall–Kier alpha value is -2.80. The Kier molecular flexibility index (Phi) is 5.85. The van der Waals surface area contributed by atoms with Gasteiger partial charge in [0.1, 0.15) is 5.76 Å². The van der Waals surface area contributed by atoms with Crippen LogP contribution in [-0.4, -0.2) is 49.6 Å². The van der Waals surface area contributed by atoms with Gasteiger partial charge < -0.3 is 15.1 Å². The van der Waals surface area contributed by atoms with Gasteiger partial charge in [-0.25, -0.2) is 4.79 Å². The first-order valence-electron chi connectivity index (χ1n) is 10.3. The third-order valence-corrected chi connectivity index (χ3v) is 5.73. The molecule has 3 amide bonds. The Morgan fingerprint density at radius 2 is 2.21 bits per heavy atom. The minimum atomic E-state index is -0.107. The summed E-state index contributed by atoms with van der Waals surface area (Å²) in [5.41, 5.74) is 2.38. The Morgan fingerprint density at radius 3 is 2.97 bits per heavy atom. The number of hydrogen-bond acceptors (Lipinski definition) is 4. The van der Waals surface area contributed by atoms with Gasteiger partial charge in [0.05, 0.1) is 12.8 Å². The van der Waals surface area contributed by atoms with E-state index in [9.17, 15) is 9.59 Å². The van der Waals surface area contributed by atoms with Gasteiger partial charge in [0, 0.05) is 37.4 Å². The molecule has 0 spiro atoms. The van der Waals surface area contributed by atoms with E-state index in [1.165, 1.54) is 0 Å². The summed E-state index contributed by atoms with van der Waals surface area (Å²) in [6.45, 7) is 6.69. The second-order valence-electron chi connectivity index (χ2n) is 7.92. The number of nitrogens with one attached hydrogen (secondary N) is 2. The van der Waals surface area contributed by atoms with Crippen molar-refractivity contribution >= 4 is 17.6 Å². The van der Waals surface area contributed by atoms with E-state index in [2.05, 4.69) is 15.5 Å². The first-order valence-corrected chi connectivity index (χ1v) is 10.3. The fraction of sp³-hybridized carbons (Fsp3) is 0.455. The van der Waals surface area contributed by atoms with Crippen molar-refractivity contribution in [1.29, 1.82) is 0 Å². The van der Waals surface area contributed by atoms with Crippen LogP contribution in [-0.2, 0) is 6.54 Å². The molecule has 1 atom stereocenters. The highest BCUT2D eigenvalue weighted by Crippen LogP contribution is 2.24. The minimum absolute atomic E-state index is 0.0889. The van der Waals surface area contributed by atoms with Crippen molar-refractivity contribution in [3.8, 4) is 0 Å². The smallest absolute Gasteiger partial charge is 0.322 e. The molecule has 0 radical (unpaired) electrons. The Labute approximate surface area is 171 Å². The lowest BCUT2D eigenvalue weighted by molar-refractivity contribution is 0.0928. The molecule has 0 aliphatic carbocycles. The summed E-state index contributed by atoms with van der Waals surface area (Å²) < 4.78 is 5.45. The van der Waals surface area contributed by atoms with Crippen molar-refractivity contribution in [2.75, 3.05) is 37.6 Å². The molecule has 29 heavy (non-hydrogen) atoms. The number of rotatable bonds is 6. The van der Waals surface area contributed by atoms with Crippen molar-refractivity contribution in [3.05, 3.63) is 53.5 Å². The second-order valence-corrected chi connectivity index (χ2v) is 7.92. The molecule has 0 saturated carbocycles. The monoisotopic (exact) mass is 396 g/mol. The van der Waals surface area contributed by atoms with Gasteiger partial charge in [-0.15, -0.1) is 0 Å². The van der Waals surface area contributed by atoms with Gasteiger partial charge in [0.2, 0.25) is 0 Å². The Bertz CT molecular complexity index is 865. The molecule has 1 aromatic heterocycles. The normalized spacial score (nSPS) is 20.0. The number of carbonyl (C=O) groups is 2.